The third-order valence-corrected chi connectivity index (χ3v) is 3.27. The van der Waals surface area contributed by atoms with E-state index in [2.05, 4.69) is 6.07 Å². The molecule has 4 nitrogen and oxygen atoms in total. The van der Waals surface area contributed by atoms with E-state index in [1.54, 1.807) is 17.0 Å². The van der Waals surface area contributed by atoms with Crippen LogP contribution >= 0.6 is 0 Å². The minimum Gasteiger partial charge on any atom is -0.337 e. The first kappa shape index (κ1) is 16.2. The lowest BCUT2D eigenvalue weighted by atomic mass is 10.0. The lowest BCUT2D eigenvalue weighted by Gasteiger charge is -2.27. The van der Waals surface area contributed by atoms with Crippen molar-refractivity contribution in [1.82, 2.24) is 4.90 Å². The molecule has 0 saturated carbocycles. The Kier molecular flexibility index (Phi) is 6.20. The summed E-state index contributed by atoms with van der Waals surface area (Å²) in [4.78, 5) is 14.1. The third kappa shape index (κ3) is 4.36. The Hall–Kier alpha value is -1.86. The largest absolute Gasteiger partial charge is 0.337 e. The molecular weight excluding hydrogens is 250 g/mol. The van der Waals surface area contributed by atoms with Gasteiger partial charge in [-0.1, -0.05) is 32.9 Å². The second-order valence-electron chi connectivity index (χ2n) is 5.34. The van der Waals surface area contributed by atoms with Crippen molar-refractivity contribution in [2.45, 2.75) is 39.8 Å². The van der Waals surface area contributed by atoms with Crippen LogP contribution in [0.15, 0.2) is 24.3 Å². The van der Waals surface area contributed by atoms with Gasteiger partial charge in [0.25, 0.3) is 0 Å². The average molecular weight is 273 g/mol. The molecule has 0 bridgehead atoms. The van der Waals surface area contributed by atoms with Gasteiger partial charge >= 0.3 is 0 Å². The number of carbonyl (C=O) groups is 1. The van der Waals surface area contributed by atoms with Gasteiger partial charge in [-0.2, -0.15) is 5.26 Å². The molecule has 0 heterocycles. The SMILES string of the molecule is CCCN(Cc1ccc(C#N)cc1)C(=O)[C@@H](N)C(C)C. The lowest BCUT2D eigenvalue weighted by molar-refractivity contribution is -0.134. The van der Waals surface area contributed by atoms with E-state index in [0.717, 1.165) is 12.0 Å². The van der Waals surface area contributed by atoms with Crippen LogP contribution in [0.3, 0.4) is 0 Å². The van der Waals surface area contributed by atoms with Crippen molar-refractivity contribution in [3.63, 3.8) is 0 Å². The summed E-state index contributed by atoms with van der Waals surface area (Å²) in [6.07, 6.45) is 0.896. The van der Waals surface area contributed by atoms with Gasteiger partial charge in [0, 0.05) is 13.1 Å². The highest BCUT2D eigenvalue weighted by Gasteiger charge is 2.23. The van der Waals surface area contributed by atoms with Crippen LogP contribution in [0.1, 0.15) is 38.3 Å². The van der Waals surface area contributed by atoms with E-state index < -0.39 is 6.04 Å². The van der Waals surface area contributed by atoms with E-state index in [-0.39, 0.29) is 11.8 Å². The van der Waals surface area contributed by atoms with Crippen molar-refractivity contribution in [2.24, 2.45) is 11.7 Å². The van der Waals surface area contributed by atoms with Crippen LogP contribution in [0.5, 0.6) is 0 Å². The molecule has 0 unspecified atom stereocenters. The molecule has 1 rings (SSSR count). The second-order valence-corrected chi connectivity index (χ2v) is 5.34. The Morgan fingerprint density at radius 1 is 1.35 bits per heavy atom. The summed E-state index contributed by atoms with van der Waals surface area (Å²) in [5.74, 6) is 0.119. The van der Waals surface area contributed by atoms with Crippen molar-refractivity contribution in [2.75, 3.05) is 6.54 Å². The number of nitriles is 1. The number of rotatable bonds is 6. The van der Waals surface area contributed by atoms with Crippen molar-refractivity contribution < 1.29 is 4.79 Å². The predicted molar refractivity (Wildman–Crippen MR) is 79.7 cm³/mol. The first-order valence-electron chi connectivity index (χ1n) is 7.03. The molecule has 0 saturated heterocycles. The molecule has 1 aromatic rings. The molecule has 0 spiro atoms. The van der Waals surface area contributed by atoms with Gasteiger partial charge in [0.15, 0.2) is 0 Å². The van der Waals surface area contributed by atoms with Gasteiger partial charge in [-0.25, -0.2) is 0 Å². The fraction of sp³-hybridized carbons (Fsp3) is 0.500. The molecule has 1 amide bonds. The number of hydrogen-bond donors (Lipinski definition) is 1. The van der Waals surface area contributed by atoms with Crippen LogP contribution in [-0.2, 0) is 11.3 Å². The van der Waals surface area contributed by atoms with Gasteiger partial charge < -0.3 is 10.6 Å². The smallest absolute Gasteiger partial charge is 0.240 e. The summed E-state index contributed by atoms with van der Waals surface area (Å²) in [5, 5.41) is 8.79. The lowest BCUT2D eigenvalue weighted by Crippen LogP contribution is -2.46. The second kappa shape index (κ2) is 7.66. The quantitative estimate of drug-likeness (QED) is 0.864. The fourth-order valence-corrected chi connectivity index (χ4v) is 1.94. The summed E-state index contributed by atoms with van der Waals surface area (Å²) >= 11 is 0. The van der Waals surface area contributed by atoms with E-state index in [1.807, 2.05) is 32.9 Å². The highest BCUT2D eigenvalue weighted by molar-refractivity contribution is 5.81. The molecule has 0 radical (unpaired) electrons. The van der Waals surface area contributed by atoms with Crippen molar-refractivity contribution in [3.05, 3.63) is 35.4 Å². The van der Waals surface area contributed by atoms with Gasteiger partial charge in [-0.3, -0.25) is 4.79 Å². The molecule has 4 heteroatoms. The third-order valence-electron chi connectivity index (χ3n) is 3.27. The molecule has 0 aliphatic carbocycles. The predicted octanol–water partition coefficient (Wildman–Crippen LogP) is 2.28. The van der Waals surface area contributed by atoms with E-state index in [0.29, 0.717) is 18.7 Å². The van der Waals surface area contributed by atoms with Crippen LogP contribution in [0.2, 0.25) is 0 Å². The van der Waals surface area contributed by atoms with Crippen LogP contribution in [0.4, 0.5) is 0 Å². The van der Waals surface area contributed by atoms with Crippen LogP contribution in [0.25, 0.3) is 0 Å². The van der Waals surface area contributed by atoms with E-state index in [1.165, 1.54) is 0 Å². The van der Waals surface area contributed by atoms with E-state index in [9.17, 15) is 4.79 Å². The van der Waals surface area contributed by atoms with Crippen molar-refractivity contribution in [3.8, 4) is 6.07 Å². The molecule has 20 heavy (non-hydrogen) atoms. The maximum atomic E-state index is 12.4. The van der Waals surface area contributed by atoms with Crippen LogP contribution in [-0.4, -0.2) is 23.4 Å². The summed E-state index contributed by atoms with van der Waals surface area (Å²) in [6.45, 7) is 7.18. The minimum atomic E-state index is -0.458. The normalized spacial score (nSPS) is 12.0. The van der Waals surface area contributed by atoms with Gasteiger partial charge in [0.1, 0.15) is 0 Å². The molecular formula is C16H23N3O. The Morgan fingerprint density at radius 2 is 1.95 bits per heavy atom. The molecule has 0 aliphatic rings. The summed E-state index contributed by atoms with van der Waals surface area (Å²) in [5.41, 5.74) is 7.60. The van der Waals surface area contributed by atoms with Crippen LogP contribution in [0, 0.1) is 17.2 Å². The first-order chi connectivity index (χ1) is 9.49. The Bertz CT molecular complexity index is 473. The molecule has 0 aromatic heterocycles. The highest BCUT2D eigenvalue weighted by atomic mass is 16.2. The van der Waals surface area contributed by atoms with Gasteiger partial charge in [0.2, 0.25) is 5.91 Å². The number of benzene rings is 1. The monoisotopic (exact) mass is 273 g/mol. The van der Waals surface area contributed by atoms with E-state index in [4.69, 9.17) is 11.0 Å². The highest BCUT2D eigenvalue weighted by Crippen LogP contribution is 2.11. The Labute approximate surface area is 121 Å². The Balaban J connectivity index is 2.80. The zero-order chi connectivity index (χ0) is 15.1. The molecule has 2 N–H and O–H groups in total. The summed E-state index contributed by atoms with van der Waals surface area (Å²) < 4.78 is 0. The molecule has 0 aliphatic heterocycles. The Morgan fingerprint density at radius 3 is 2.40 bits per heavy atom. The van der Waals surface area contributed by atoms with Crippen molar-refractivity contribution in [1.29, 1.82) is 5.26 Å². The molecule has 1 atom stereocenters. The molecule has 108 valence electrons. The number of hydrogen-bond acceptors (Lipinski definition) is 3. The molecule has 1 aromatic carbocycles. The first-order valence-corrected chi connectivity index (χ1v) is 7.03. The van der Waals surface area contributed by atoms with Gasteiger partial charge in [-0.05, 0) is 30.0 Å². The zero-order valence-corrected chi connectivity index (χ0v) is 12.5. The molecule has 0 fully saturated rings. The zero-order valence-electron chi connectivity index (χ0n) is 12.5. The van der Waals surface area contributed by atoms with E-state index >= 15 is 0 Å². The number of nitrogens with two attached hydrogens (primary N) is 1. The number of carbonyl (C=O) groups excluding carboxylic acids is 1. The van der Waals surface area contributed by atoms with Crippen molar-refractivity contribution >= 4 is 5.91 Å². The minimum absolute atomic E-state index is 0.00814. The number of amides is 1. The topological polar surface area (TPSA) is 70.1 Å². The average Bonchev–Trinajstić information content (AvgIpc) is 2.46. The number of nitrogens with zero attached hydrogens (tertiary/aromatic N) is 2. The standard InChI is InChI=1S/C16H23N3O/c1-4-9-19(16(20)15(18)12(2)3)11-14-7-5-13(10-17)6-8-14/h5-8,12,15H,4,9,11,18H2,1-3H3/t15-/m0/s1. The summed E-state index contributed by atoms with van der Waals surface area (Å²) in [6, 6.07) is 8.94. The fourth-order valence-electron chi connectivity index (χ4n) is 1.94. The maximum Gasteiger partial charge on any atom is 0.240 e. The summed E-state index contributed by atoms with van der Waals surface area (Å²) in [7, 11) is 0. The van der Waals surface area contributed by atoms with Gasteiger partial charge in [0.05, 0.1) is 17.7 Å². The van der Waals surface area contributed by atoms with Gasteiger partial charge in [-0.15, -0.1) is 0 Å². The van der Waals surface area contributed by atoms with Crippen LogP contribution < -0.4 is 5.73 Å². The maximum absolute atomic E-state index is 12.4.